The van der Waals surface area contributed by atoms with Gasteiger partial charge in [-0.05, 0) is 24.9 Å². The van der Waals surface area contributed by atoms with E-state index in [0.717, 1.165) is 17.3 Å². The highest BCUT2D eigenvalue weighted by atomic mass is 35.5. The molecule has 0 saturated heterocycles. The van der Waals surface area contributed by atoms with E-state index in [9.17, 15) is 0 Å². The van der Waals surface area contributed by atoms with Crippen molar-refractivity contribution < 1.29 is 0 Å². The van der Waals surface area contributed by atoms with Gasteiger partial charge in [-0.3, -0.25) is 0 Å². The van der Waals surface area contributed by atoms with Crippen molar-refractivity contribution in [3.63, 3.8) is 0 Å². The molecule has 1 N–H and O–H groups in total. The van der Waals surface area contributed by atoms with Gasteiger partial charge in [-0.1, -0.05) is 18.5 Å². The minimum Gasteiger partial charge on any atom is -0.305 e. The predicted octanol–water partition coefficient (Wildman–Crippen LogP) is 3.87. The summed E-state index contributed by atoms with van der Waals surface area (Å²) in [5, 5.41) is 6.33. The second-order valence-electron chi connectivity index (χ2n) is 3.43. The molecule has 86 valence electrons. The van der Waals surface area contributed by atoms with E-state index in [2.05, 4.69) is 17.2 Å². The lowest BCUT2D eigenvalue weighted by Gasteiger charge is -2.16. The number of hydrogen-bond donors (Lipinski definition) is 1. The predicted molar refractivity (Wildman–Crippen MR) is 71.7 cm³/mol. The van der Waals surface area contributed by atoms with Crippen molar-refractivity contribution >= 4 is 34.3 Å². The fourth-order valence-corrected chi connectivity index (χ4v) is 3.82. The number of thiazole rings is 1. The molecule has 1 unspecified atom stereocenters. The molecule has 2 nitrogen and oxygen atoms in total. The molecule has 0 fully saturated rings. The summed E-state index contributed by atoms with van der Waals surface area (Å²) in [4.78, 5) is 6.73. The quantitative estimate of drug-likeness (QED) is 0.914. The standard InChI is InChI=1S/C11H13ClN2S2/c1-3-13-9(10-7(2)14-6-16-10)11-8(12)4-5-15-11/h4-6,9,13H,3H2,1-2H3. The first-order valence-corrected chi connectivity index (χ1v) is 7.24. The maximum absolute atomic E-state index is 6.19. The maximum Gasteiger partial charge on any atom is 0.0798 e. The summed E-state index contributed by atoms with van der Waals surface area (Å²) in [6.45, 7) is 5.05. The second-order valence-corrected chi connectivity index (χ2v) is 5.67. The maximum atomic E-state index is 6.19. The summed E-state index contributed by atoms with van der Waals surface area (Å²) < 4.78 is 0. The van der Waals surface area contributed by atoms with Crippen LogP contribution >= 0.6 is 34.3 Å². The lowest BCUT2D eigenvalue weighted by Crippen LogP contribution is -2.21. The van der Waals surface area contributed by atoms with Gasteiger partial charge in [0.15, 0.2) is 0 Å². The molecule has 5 heteroatoms. The molecule has 0 amide bonds. The van der Waals surface area contributed by atoms with Crippen LogP contribution in [0.3, 0.4) is 0 Å². The molecule has 0 aliphatic heterocycles. The van der Waals surface area contributed by atoms with E-state index >= 15 is 0 Å². The first-order valence-electron chi connectivity index (χ1n) is 5.10. The summed E-state index contributed by atoms with van der Waals surface area (Å²) in [5.41, 5.74) is 2.97. The Hall–Kier alpha value is -0.420. The molecule has 0 aliphatic rings. The number of nitrogens with zero attached hydrogens (tertiary/aromatic N) is 1. The summed E-state index contributed by atoms with van der Waals surface area (Å²) >= 11 is 9.56. The molecule has 0 aliphatic carbocycles. The molecule has 0 bridgehead atoms. The number of rotatable bonds is 4. The Morgan fingerprint density at radius 3 is 2.75 bits per heavy atom. The Labute approximate surface area is 108 Å². The Morgan fingerprint density at radius 2 is 2.25 bits per heavy atom. The van der Waals surface area contributed by atoms with Crippen molar-refractivity contribution in [1.82, 2.24) is 10.3 Å². The molecular weight excluding hydrogens is 260 g/mol. The van der Waals surface area contributed by atoms with E-state index in [1.165, 1.54) is 9.75 Å². The molecule has 16 heavy (non-hydrogen) atoms. The zero-order valence-electron chi connectivity index (χ0n) is 9.16. The topological polar surface area (TPSA) is 24.9 Å². The number of hydrogen-bond acceptors (Lipinski definition) is 4. The first-order chi connectivity index (χ1) is 7.74. The minimum absolute atomic E-state index is 0.185. The van der Waals surface area contributed by atoms with Crippen molar-refractivity contribution in [1.29, 1.82) is 0 Å². The summed E-state index contributed by atoms with van der Waals surface area (Å²) in [6, 6.07) is 2.13. The number of halogens is 1. The lowest BCUT2D eigenvalue weighted by atomic mass is 10.2. The molecule has 0 radical (unpaired) electrons. The van der Waals surface area contributed by atoms with E-state index < -0.39 is 0 Å². The van der Waals surface area contributed by atoms with Crippen LogP contribution in [0.4, 0.5) is 0 Å². The van der Waals surface area contributed by atoms with Crippen LogP contribution in [-0.4, -0.2) is 11.5 Å². The molecule has 2 rings (SSSR count). The largest absolute Gasteiger partial charge is 0.305 e. The van der Waals surface area contributed by atoms with Gasteiger partial charge in [-0.15, -0.1) is 22.7 Å². The minimum atomic E-state index is 0.185. The van der Waals surface area contributed by atoms with Crippen molar-refractivity contribution in [3.8, 4) is 0 Å². The van der Waals surface area contributed by atoms with Gasteiger partial charge in [0, 0.05) is 9.75 Å². The van der Waals surface area contributed by atoms with E-state index in [-0.39, 0.29) is 6.04 Å². The Morgan fingerprint density at radius 1 is 1.44 bits per heavy atom. The number of aryl methyl sites for hydroxylation is 1. The van der Waals surface area contributed by atoms with Gasteiger partial charge in [-0.2, -0.15) is 0 Å². The van der Waals surface area contributed by atoms with Crippen LogP contribution in [0.5, 0.6) is 0 Å². The van der Waals surface area contributed by atoms with E-state index in [1.807, 2.05) is 23.9 Å². The van der Waals surface area contributed by atoms with Gasteiger partial charge in [0.05, 0.1) is 22.3 Å². The van der Waals surface area contributed by atoms with Crippen molar-refractivity contribution in [3.05, 3.63) is 37.4 Å². The van der Waals surface area contributed by atoms with Crippen LogP contribution in [0.2, 0.25) is 5.02 Å². The second kappa shape index (κ2) is 5.27. The fourth-order valence-electron chi connectivity index (χ4n) is 1.61. The zero-order chi connectivity index (χ0) is 11.5. The Bertz CT molecular complexity index is 424. The summed E-state index contributed by atoms with van der Waals surface area (Å²) in [7, 11) is 0. The van der Waals surface area contributed by atoms with Crippen LogP contribution in [0, 0.1) is 6.92 Å². The zero-order valence-corrected chi connectivity index (χ0v) is 11.5. The van der Waals surface area contributed by atoms with Crippen LogP contribution in [0.15, 0.2) is 17.0 Å². The molecule has 2 aromatic rings. The lowest BCUT2D eigenvalue weighted by molar-refractivity contribution is 0.645. The van der Waals surface area contributed by atoms with E-state index in [1.54, 1.807) is 22.7 Å². The third kappa shape index (κ3) is 2.30. The van der Waals surface area contributed by atoms with Crippen LogP contribution in [0.25, 0.3) is 0 Å². The highest BCUT2D eigenvalue weighted by molar-refractivity contribution is 7.12. The summed E-state index contributed by atoms with van der Waals surface area (Å²) in [6.07, 6.45) is 0. The van der Waals surface area contributed by atoms with Crippen LogP contribution in [0.1, 0.15) is 28.4 Å². The monoisotopic (exact) mass is 272 g/mol. The third-order valence-corrected chi connectivity index (χ3v) is 4.78. The average Bonchev–Trinajstić information content (AvgIpc) is 2.84. The SMILES string of the molecule is CCNC(c1sccc1Cl)c1scnc1C. The van der Waals surface area contributed by atoms with Gasteiger partial charge in [0.25, 0.3) is 0 Å². The normalized spacial score (nSPS) is 12.9. The Kier molecular flexibility index (Phi) is 3.97. The smallest absolute Gasteiger partial charge is 0.0798 e. The van der Waals surface area contributed by atoms with Gasteiger partial charge in [0.2, 0.25) is 0 Å². The molecule has 2 aromatic heterocycles. The van der Waals surface area contributed by atoms with E-state index in [0.29, 0.717) is 0 Å². The van der Waals surface area contributed by atoms with Gasteiger partial charge >= 0.3 is 0 Å². The molecule has 0 aromatic carbocycles. The average molecular weight is 273 g/mol. The number of aromatic nitrogens is 1. The van der Waals surface area contributed by atoms with Crippen LogP contribution < -0.4 is 5.32 Å². The van der Waals surface area contributed by atoms with Crippen LogP contribution in [-0.2, 0) is 0 Å². The number of nitrogens with one attached hydrogen (secondary N) is 1. The molecule has 0 saturated carbocycles. The third-order valence-electron chi connectivity index (χ3n) is 2.36. The van der Waals surface area contributed by atoms with Gasteiger partial charge in [-0.25, -0.2) is 4.98 Å². The fraction of sp³-hybridized carbons (Fsp3) is 0.364. The van der Waals surface area contributed by atoms with Crippen molar-refractivity contribution in [2.45, 2.75) is 19.9 Å². The number of thiophene rings is 1. The molecular formula is C11H13ClN2S2. The highest BCUT2D eigenvalue weighted by Crippen LogP contribution is 2.35. The van der Waals surface area contributed by atoms with E-state index in [4.69, 9.17) is 11.6 Å². The first kappa shape index (κ1) is 12.0. The highest BCUT2D eigenvalue weighted by Gasteiger charge is 2.20. The molecule has 1 atom stereocenters. The van der Waals surface area contributed by atoms with Gasteiger partial charge in [0.1, 0.15) is 0 Å². The van der Waals surface area contributed by atoms with Crippen molar-refractivity contribution in [2.24, 2.45) is 0 Å². The molecule has 0 spiro atoms. The molecule has 2 heterocycles. The summed E-state index contributed by atoms with van der Waals surface area (Å²) in [5.74, 6) is 0. The van der Waals surface area contributed by atoms with Crippen molar-refractivity contribution in [2.75, 3.05) is 6.54 Å². The van der Waals surface area contributed by atoms with Gasteiger partial charge < -0.3 is 5.32 Å². The Balaban J connectivity index is 2.39.